The topological polar surface area (TPSA) is 96.2 Å². The van der Waals surface area contributed by atoms with Crippen LogP contribution in [0, 0.1) is 16.0 Å². The summed E-state index contributed by atoms with van der Waals surface area (Å²) in [4.78, 5) is 46.7. The molecule has 172 valence electrons. The fourth-order valence-corrected chi connectivity index (χ4v) is 4.52. The molecule has 3 aromatic carbocycles. The number of hydroxylamine groups is 1. The van der Waals surface area contributed by atoms with Crippen molar-refractivity contribution >= 4 is 34.6 Å². The Morgan fingerprint density at radius 1 is 0.882 bits per heavy atom. The number of carbonyl (C=O) groups is 2. The molecule has 2 aliphatic heterocycles. The molecule has 9 heteroatoms. The fraction of sp³-hybridized carbons (Fsp3) is 0.200. The third-order valence-corrected chi connectivity index (χ3v) is 6.18. The van der Waals surface area contributed by atoms with Gasteiger partial charge < -0.3 is 4.90 Å². The van der Waals surface area contributed by atoms with Gasteiger partial charge in [0.2, 0.25) is 5.91 Å². The Hall–Kier alpha value is -4.24. The van der Waals surface area contributed by atoms with Gasteiger partial charge in [-0.3, -0.25) is 24.5 Å². The number of rotatable bonds is 5. The van der Waals surface area contributed by atoms with Crippen LogP contribution >= 0.6 is 0 Å². The molecule has 2 saturated heterocycles. The van der Waals surface area contributed by atoms with E-state index in [1.165, 1.54) is 24.3 Å². The molecule has 0 spiro atoms. The van der Waals surface area contributed by atoms with Crippen molar-refractivity contribution in [3.8, 4) is 0 Å². The van der Waals surface area contributed by atoms with Crippen molar-refractivity contribution in [3.05, 3.63) is 94.5 Å². The number of non-ortho nitro benzene ring substituents is 1. The van der Waals surface area contributed by atoms with E-state index in [0.717, 1.165) is 21.8 Å². The van der Waals surface area contributed by atoms with E-state index in [-0.39, 0.29) is 11.4 Å². The number of hydrogen-bond donors (Lipinski definition) is 0. The molecule has 2 aliphatic rings. The second kappa shape index (κ2) is 8.27. The molecule has 0 aliphatic carbocycles. The van der Waals surface area contributed by atoms with Crippen molar-refractivity contribution in [2.45, 2.75) is 12.1 Å². The van der Waals surface area contributed by atoms with Crippen LogP contribution in [0.25, 0.3) is 0 Å². The van der Waals surface area contributed by atoms with Gasteiger partial charge >= 0.3 is 0 Å². The van der Waals surface area contributed by atoms with Crippen LogP contribution in [0.2, 0.25) is 0 Å². The molecule has 0 radical (unpaired) electrons. The summed E-state index contributed by atoms with van der Waals surface area (Å²) in [6.45, 7) is 0. The zero-order valence-corrected chi connectivity index (χ0v) is 18.6. The molecular weight excluding hydrogens is 436 g/mol. The molecule has 3 aromatic rings. The SMILES string of the molecule is CN(C)c1ccc([C@H]2[C@H]3C(=O)N(c4cccc([N+](=O)[O-])c4)C(=O)[C@@H]3ON2c2ccccc2)cc1. The van der Waals surface area contributed by atoms with Crippen molar-refractivity contribution in [1.29, 1.82) is 0 Å². The first-order valence-corrected chi connectivity index (χ1v) is 10.8. The van der Waals surface area contributed by atoms with E-state index in [0.29, 0.717) is 0 Å². The normalized spacial score (nSPS) is 21.6. The van der Waals surface area contributed by atoms with Crippen molar-refractivity contribution in [3.63, 3.8) is 0 Å². The standard InChI is InChI=1S/C25H22N4O5/c1-26(2)17-13-11-16(12-14-17)22-21-23(34-28(22)18-7-4-3-5-8-18)25(31)27(24(21)30)19-9-6-10-20(15-19)29(32)33/h3-15,21-23H,1-2H3/t21-,22+,23-/m1/s1. The molecule has 0 N–H and O–H groups in total. The minimum absolute atomic E-state index is 0.162. The van der Waals surface area contributed by atoms with Gasteiger partial charge in [-0.15, -0.1) is 0 Å². The average molecular weight is 458 g/mol. The molecule has 2 amide bonds. The maximum absolute atomic E-state index is 13.6. The Kier molecular flexibility index (Phi) is 5.25. The zero-order chi connectivity index (χ0) is 24.0. The van der Waals surface area contributed by atoms with Gasteiger partial charge in [-0.25, -0.2) is 9.96 Å². The van der Waals surface area contributed by atoms with Gasteiger partial charge in [0, 0.05) is 31.9 Å². The maximum atomic E-state index is 13.6. The molecule has 2 heterocycles. The highest BCUT2D eigenvalue weighted by Crippen LogP contribution is 2.47. The summed E-state index contributed by atoms with van der Waals surface area (Å²) in [6.07, 6.45) is -1.04. The fourth-order valence-electron chi connectivity index (χ4n) is 4.52. The van der Waals surface area contributed by atoms with Crippen LogP contribution in [0.4, 0.5) is 22.7 Å². The third-order valence-electron chi connectivity index (χ3n) is 6.18. The number of nitrogens with zero attached hydrogens (tertiary/aromatic N) is 4. The first-order valence-electron chi connectivity index (χ1n) is 10.8. The first-order chi connectivity index (χ1) is 16.4. The number of fused-ring (bicyclic) bond motifs is 1. The molecule has 9 nitrogen and oxygen atoms in total. The van der Waals surface area contributed by atoms with Gasteiger partial charge in [0.1, 0.15) is 5.92 Å². The number of imide groups is 1. The number of carbonyl (C=O) groups excluding carboxylic acids is 2. The number of hydrogen-bond acceptors (Lipinski definition) is 7. The third kappa shape index (κ3) is 3.46. The van der Waals surface area contributed by atoms with Crippen molar-refractivity contribution in [1.82, 2.24) is 0 Å². The van der Waals surface area contributed by atoms with Crippen LogP contribution in [0.1, 0.15) is 11.6 Å². The average Bonchev–Trinajstić information content (AvgIpc) is 3.35. The molecule has 34 heavy (non-hydrogen) atoms. The molecule has 3 atom stereocenters. The molecule has 0 aromatic heterocycles. The molecule has 0 saturated carbocycles. The van der Waals surface area contributed by atoms with E-state index in [1.54, 1.807) is 5.06 Å². The number of amides is 2. The molecule has 0 unspecified atom stereocenters. The Bertz CT molecular complexity index is 1260. The highest BCUT2D eigenvalue weighted by molar-refractivity contribution is 6.24. The second-order valence-electron chi connectivity index (χ2n) is 8.43. The number of anilines is 3. The van der Waals surface area contributed by atoms with Gasteiger partial charge in [0.15, 0.2) is 6.10 Å². The minimum atomic E-state index is -1.04. The highest BCUT2D eigenvalue weighted by Gasteiger charge is 2.60. The summed E-state index contributed by atoms with van der Waals surface area (Å²) < 4.78 is 0. The van der Waals surface area contributed by atoms with Crippen molar-refractivity contribution in [2.75, 3.05) is 29.0 Å². The monoisotopic (exact) mass is 458 g/mol. The van der Waals surface area contributed by atoms with Gasteiger partial charge in [-0.2, -0.15) is 0 Å². The van der Waals surface area contributed by atoms with Crippen LogP contribution in [-0.2, 0) is 14.4 Å². The highest BCUT2D eigenvalue weighted by atomic mass is 16.7. The quantitative estimate of drug-likeness (QED) is 0.327. The molecular formula is C25H22N4O5. The predicted molar refractivity (Wildman–Crippen MR) is 126 cm³/mol. The zero-order valence-electron chi connectivity index (χ0n) is 18.6. The van der Waals surface area contributed by atoms with Crippen LogP contribution in [0.5, 0.6) is 0 Å². The summed E-state index contributed by atoms with van der Waals surface area (Å²) in [5, 5.41) is 12.8. The summed E-state index contributed by atoms with van der Waals surface area (Å²) >= 11 is 0. The lowest BCUT2D eigenvalue weighted by Gasteiger charge is -2.29. The molecule has 5 rings (SSSR count). The number of para-hydroxylation sites is 1. The van der Waals surface area contributed by atoms with E-state index in [9.17, 15) is 19.7 Å². The van der Waals surface area contributed by atoms with E-state index in [1.807, 2.05) is 73.6 Å². The Morgan fingerprint density at radius 3 is 2.21 bits per heavy atom. The Balaban J connectivity index is 1.56. The number of benzene rings is 3. The first kappa shape index (κ1) is 21.6. The van der Waals surface area contributed by atoms with Gasteiger partial charge in [0.25, 0.3) is 11.6 Å². The Morgan fingerprint density at radius 2 is 1.56 bits per heavy atom. The van der Waals surface area contributed by atoms with Crippen LogP contribution in [-0.4, -0.2) is 36.9 Å². The summed E-state index contributed by atoms with van der Waals surface area (Å²) in [6, 6.07) is 22.0. The second-order valence-corrected chi connectivity index (χ2v) is 8.43. The lowest BCUT2D eigenvalue weighted by molar-refractivity contribution is -0.384. The summed E-state index contributed by atoms with van der Waals surface area (Å²) in [7, 11) is 3.88. The lowest BCUT2D eigenvalue weighted by atomic mass is 9.90. The van der Waals surface area contributed by atoms with E-state index in [2.05, 4.69) is 0 Å². The molecule has 0 bridgehead atoms. The van der Waals surface area contributed by atoms with Crippen molar-refractivity contribution < 1.29 is 19.3 Å². The Labute approximate surface area is 195 Å². The number of nitro groups is 1. The van der Waals surface area contributed by atoms with Gasteiger partial charge in [0.05, 0.1) is 22.3 Å². The lowest BCUT2D eigenvalue weighted by Crippen LogP contribution is -2.37. The van der Waals surface area contributed by atoms with Crippen LogP contribution < -0.4 is 14.9 Å². The number of nitro benzene ring substituents is 1. The van der Waals surface area contributed by atoms with Crippen LogP contribution in [0.15, 0.2) is 78.9 Å². The van der Waals surface area contributed by atoms with E-state index in [4.69, 9.17) is 4.84 Å². The maximum Gasteiger partial charge on any atom is 0.271 e. The predicted octanol–water partition coefficient (Wildman–Crippen LogP) is 3.71. The summed E-state index contributed by atoms with van der Waals surface area (Å²) in [5.41, 5.74) is 2.51. The smallest absolute Gasteiger partial charge is 0.271 e. The largest absolute Gasteiger partial charge is 0.378 e. The molecule has 2 fully saturated rings. The summed E-state index contributed by atoms with van der Waals surface area (Å²) in [5.74, 6) is -1.79. The van der Waals surface area contributed by atoms with Crippen LogP contribution in [0.3, 0.4) is 0 Å². The van der Waals surface area contributed by atoms with E-state index >= 15 is 0 Å². The van der Waals surface area contributed by atoms with Gasteiger partial charge in [-0.1, -0.05) is 36.4 Å². The minimum Gasteiger partial charge on any atom is -0.378 e. The van der Waals surface area contributed by atoms with Crippen molar-refractivity contribution in [2.24, 2.45) is 5.92 Å². The van der Waals surface area contributed by atoms with Gasteiger partial charge in [-0.05, 0) is 35.9 Å². The van der Waals surface area contributed by atoms with E-state index < -0.39 is 34.8 Å².